The maximum absolute atomic E-state index is 14.4. The minimum absolute atomic E-state index is 0.0675. The van der Waals surface area contributed by atoms with Crippen LogP contribution in [0.4, 0.5) is 10.1 Å². The summed E-state index contributed by atoms with van der Waals surface area (Å²) in [7, 11) is 1.62. The molecule has 2 aromatic heterocycles. The Balaban J connectivity index is 1.64. The van der Waals surface area contributed by atoms with Gasteiger partial charge in [-0.2, -0.15) is 5.26 Å². The highest BCUT2D eigenvalue weighted by Gasteiger charge is 2.25. The Hall–Kier alpha value is -2.95. The Labute approximate surface area is 178 Å². The second kappa shape index (κ2) is 8.05. The van der Waals surface area contributed by atoms with Crippen molar-refractivity contribution in [3.63, 3.8) is 0 Å². The van der Waals surface area contributed by atoms with E-state index in [0.717, 1.165) is 0 Å². The lowest BCUT2D eigenvalue weighted by Crippen LogP contribution is -2.47. The maximum atomic E-state index is 14.4. The molecule has 1 fully saturated rings. The quantitative estimate of drug-likeness (QED) is 0.603. The molecule has 0 aliphatic carbocycles. The van der Waals surface area contributed by atoms with Crippen molar-refractivity contribution >= 4 is 28.3 Å². The first-order chi connectivity index (χ1) is 14.4. The van der Waals surface area contributed by atoms with Crippen LogP contribution in [-0.4, -0.2) is 40.6 Å². The molecule has 3 heterocycles. The Morgan fingerprint density at radius 1 is 1.20 bits per heavy atom. The summed E-state index contributed by atoms with van der Waals surface area (Å²) < 4.78 is 15.8. The fourth-order valence-electron chi connectivity index (χ4n) is 3.98. The summed E-state index contributed by atoms with van der Waals surface area (Å²) in [5.41, 5.74) is 2.72. The first kappa shape index (κ1) is 20.3. The third-order valence-corrected chi connectivity index (χ3v) is 5.86. The zero-order valence-electron chi connectivity index (χ0n) is 16.8. The van der Waals surface area contributed by atoms with E-state index in [1.165, 1.54) is 4.57 Å². The summed E-state index contributed by atoms with van der Waals surface area (Å²) in [5, 5.41) is 9.99. The first-order valence-electron chi connectivity index (χ1n) is 9.71. The summed E-state index contributed by atoms with van der Waals surface area (Å²) in [6.07, 6.45) is 0. The van der Waals surface area contributed by atoms with Gasteiger partial charge in [0.2, 0.25) is 0 Å². The van der Waals surface area contributed by atoms with Crippen molar-refractivity contribution in [2.24, 2.45) is 7.05 Å². The summed E-state index contributed by atoms with van der Waals surface area (Å²) in [4.78, 5) is 21.3. The Morgan fingerprint density at radius 2 is 1.93 bits per heavy atom. The van der Waals surface area contributed by atoms with Gasteiger partial charge in [-0.05, 0) is 24.6 Å². The van der Waals surface area contributed by atoms with Crippen LogP contribution in [0.2, 0.25) is 5.15 Å². The fourth-order valence-corrected chi connectivity index (χ4v) is 4.13. The normalized spacial score (nSPS) is 14.8. The van der Waals surface area contributed by atoms with Crippen molar-refractivity contribution in [3.8, 4) is 6.07 Å². The number of halogens is 2. The molecule has 0 amide bonds. The van der Waals surface area contributed by atoms with Crippen molar-refractivity contribution < 1.29 is 4.39 Å². The molecule has 0 spiro atoms. The number of anilines is 1. The Morgan fingerprint density at radius 3 is 2.63 bits per heavy atom. The number of hydrogen-bond donors (Lipinski definition) is 0. The molecule has 154 valence electrons. The number of aromatic nitrogens is 2. The highest BCUT2D eigenvalue weighted by Crippen LogP contribution is 2.29. The number of aryl methyl sites for hydroxylation is 2. The predicted octanol–water partition coefficient (Wildman–Crippen LogP) is 3.23. The van der Waals surface area contributed by atoms with E-state index >= 15 is 0 Å². The minimum Gasteiger partial charge on any atom is -0.366 e. The van der Waals surface area contributed by atoms with Crippen molar-refractivity contribution in [2.45, 2.75) is 13.5 Å². The van der Waals surface area contributed by atoms with Crippen LogP contribution in [0, 0.1) is 24.1 Å². The standard InChI is InChI=1S/C22H21ClFN5O/c1-14-4-3-5-15(19(14)24)13-28-8-10-29(11-9-28)21-16(12-25)22(30)27(2)17-6-7-18(23)26-20(17)21/h3-7H,8-11,13H2,1-2H3. The molecule has 8 heteroatoms. The van der Waals surface area contributed by atoms with Crippen molar-refractivity contribution in [1.82, 2.24) is 14.5 Å². The third kappa shape index (κ3) is 3.53. The molecule has 0 atom stereocenters. The van der Waals surface area contributed by atoms with E-state index in [0.29, 0.717) is 65.7 Å². The van der Waals surface area contributed by atoms with Gasteiger partial charge in [0.05, 0.1) is 11.2 Å². The van der Waals surface area contributed by atoms with Crippen LogP contribution in [0.1, 0.15) is 16.7 Å². The van der Waals surface area contributed by atoms with Gasteiger partial charge in [0.1, 0.15) is 28.1 Å². The number of nitrogens with zero attached hydrogens (tertiary/aromatic N) is 5. The second-order valence-electron chi connectivity index (χ2n) is 7.51. The predicted molar refractivity (Wildman–Crippen MR) is 115 cm³/mol. The van der Waals surface area contributed by atoms with E-state index in [-0.39, 0.29) is 16.9 Å². The molecule has 1 saturated heterocycles. The lowest BCUT2D eigenvalue weighted by atomic mass is 10.1. The van der Waals surface area contributed by atoms with Crippen LogP contribution < -0.4 is 10.5 Å². The number of rotatable bonds is 3. The summed E-state index contributed by atoms with van der Waals surface area (Å²) >= 11 is 6.11. The van der Waals surface area contributed by atoms with E-state index < -0.39 is 0 Å². The number of pyridine rings is 2. The Bertz CT molecular complexity index is 1220. The molecule has 1 aromatic carbocycles. The number of fused-ring (bicyclic) bond motifs is 1. The number of piperazine rings is 1. The summed E-state index contributed by atoms with van der Waals surface area (Å²) in [5.74, 6) is -0.164. The highest BCUT2D eigenvalue weighted by molar-refractivity contribution is 6.29. The van der Waals surface area contributed by atoms with Gasteiger partial charge in [-0.3, -0.25) is 9.69 Å². The number of hydrogen-bond acceptors (Lipinski definition) is 5. The van der Waals surface area contributed by atoms with Gasteiger partial charge < -0.3 is 9.47 Å². The zero-order valence-corrected chi connectivity index (χ0v) is 17.6. The molecule has 0 radical (unpaired) electrons. The second-order valence-corrected chi connectivity index (χ2v) is 7.90. The average Bonchev–Trinajstić information content (AvgIpc) is 2.74. The molecule has 0 unspecified atom stereocenters. The first-order valence-corrected chi connectivity index (χ1v) is 10.1. The largest absolute Gasteiger partial charge is 0.366 e. The van der Waals surface area contributed by atoms with E-state index in [1.54, 1.807) is 32.2 Å². The van der Waals surface area contributed by atoms with Gasteiger partial charge in [0, 0.05) is 45.3 Å². The van der Waals surface area contributed by atoms with E-state index in [9.17, 15) is 14.4 Å². The van der Waals surface area contributed by atoms with Gasteiger partial charge in [0.15, 0.2) is 0 Å². The summed E-state index contributed by atoms with van der Waals surface area (Å²) in [6, 6.07) is 10.9. The lowest BCUT2D eigenvalue weighted by molar-refractivity contribution is 0.246. The maximum Gasteiger partial charge on any atom is 0.270 e. The molecule has 6 nitrogen and oxygen atoms in total. The van der Waals surface area contributed by atoms with Crippen LogP contribution in [-0.2, 0) is 13.6 Å². The van der Waals surface area contributed by atoms with Crippen LogP contribution >= 0.6 is 11.6 Å². The lowest BCUT2D eigenvalue weighted by Gasteiger charge is -2.36. The van der Waals surface area contributed by atoms with E-state index in [4.69, 9.17) is 11.6 Å². The number of nitriles is 1. The van der Waals surface area contributed by atoms with Crippen LogP contribution in [0.3, 0.4) is 0 Å². The molecular weight excluding hydrogens is 405 g/mol. The smallest absolute Gasteiger partial charge is 0.270 e. The molecule has 0 N–H and O–H groups in total. The molecule has 0 bridgehead atoms. The third-order valence-electron chi connectivity index (χ3n) is 5.65. The monoisotopic (exact) mass is 425 g/mol. The molecule has 30 heavy (non-hydrogen) atoms. The van der Waals surface area contributed by atoms with E-state index in [2.05, 4.69) is 16.0 Å². The van der Waals surface area contributed by atoms with Crippen LogP contribution in [0.5, 0.6) is 0 Å². The van der Waals surface area contributed by atoms with Crippen LogP contribution in [0.25, 0.3) is 11.0 Å². The molecule has 3 aromatic rings. The molecule has 1 aliphatic heterocycles. The molecular formula is C22H21ClFN5O. The van der Waals surface area contributed by atoms with Gasteiger partial charge in [-0.25, -0.2) is 9.37 Å². The molecule has 0 saturated carbocycles. The molecule has 4 rings (SSSR count). The fraction of sp³-hybridized carbons (Fsp3) is 0.318. The van der Waals surface area contributed by atoms with Gasteiger partial charge in [-0.15, -0.1) is 0 Å². The summed E-state index contributed by atoms with van der Waals surface area (Å²) in [6.45, 7) is 4.83. The van der Waals surface area contributed by atoms with Crippen molar-refractivity contribution in [3.05, 3.63) is 68.3 Å². The highest BCUT2D eigenvalue weighted by atomic mass is 35.5. The van der Waals surface area contributed by atoms with Gasteiger partial charge in [0.25, 0.3) is 5.56 Å². The van der Waals surface area contributed by atoms with Gasteiger partial charge in [-0.1, -0.05) is 29.8 Å². The van der Waals surface area contributed by atoms with Crippen molar-refractivity contribution in [1.29, 1.82) is 5.26 Å². The van der Waals surface area contributed by atoms with Gasteiger partial charge >= 0.3 is 0 Å². The number of benzene rings is 1. The Kier molecular flexibility index (Phi) is 5.46. The average molecular weight is 426 g/mol. The molecule has 1 aliphatic rings. The van der Waals surface area contributed by atoms with E-state index in [1.807, 2.05) is 17.0 Å². The SMILES string of the molecule is Cc1cccc(CN2CCN(c3c(C#N)c(=O)n(C)c4ccc(Cl)nc34)CC2)c1F. The zero-order chi connectivity index (χ0) is 21.4. The topological polar surface area (TPSA) is 65.2 Å². The van der Waals surface area contributed by atoms with Crippen LogP contribution in [0.15, 0.2) is 35.1 Å². The minimum atomic E-state index is -0.353. The van der Waals surface area contributed by atoms with Crippen molar-refractivity contribution in [2.75, 3.05) is 31.1 Å².